The van der Waals surface area contributed by atoms with Gasteiger partial charge in [0.25, 0.3) is 5.91 Å². The summed E-state index contributed by atoms with van der Waals surface area (Å²) in [5.74, 6) is -2.39. The molecule has 2 aliphatic rings. The Hall–Kier alpha value is -3.27. The largest absolute Gasteiger partial charge is 0.378 e. The van der Waals surface area contributed by atoms with E-state index in [2.05, 4.69) is 13.0 Å². The first-order valence-corrected chi connectivity index (χ1v) is 15.6. The SMILES string of the molecule is Cc1cc(C2(C)CCCc3nc(SCc4c(F)cc(C(=O)N5CCOCC5)cc4F)n(-c4ccc(F)cc4)c32)ccc1Cl. The molecule has 10 heteroatoms. The van der Waals surface area contributed by atoms with Crippen molar-refractivity contribution in [1.82, 2.24) is 14.5 Å². The number of nitrogens with zero attached hydrogens (tertiary/aromatic N) is 3. The summed E-state index contributed by atoms with van der Waals surface area (Å²) < 4.78 is 51.9. The smallest absolute Gasteiger partial charge is 0.254 e. The van der Waals surface area contributed by atoms with Crippen LogP contribution < -0.4 is 0 Å². The minimum Gasteiger partial charge on any atom is -0.378 e. The van der Waals surface area contributed by atoms with Crippen LogP contribution in [0.15, 0.2) is 59.8 Å². The van der Waals surface area contributed by atoms with Gasteiger partial charge in [-0.05, 0) is 86.7 Å². The normalized spacial score (nSPS) is 18.5. The molecular weight excluding hydrogens is 595 g/mol. The number of thioether (sulfide) groups is 1. The Morgan fingerprint density at radius 3 is 2.42 bits per heavy atom. The molecule has 0 N–H and O–H groups in total. The molecule has 1 fully saturated rings. The van der Waals surface area contributed by atoms with Gasteiger partial charge in [0.05, 0.1) is 24.6 Å². The second-order valence-electron chi connectivity index (χ2n) is 11.3. The van der Waals surface area contributed by atoms with Gasteiger partial charge in [-0.1, -0.05) is 35.5 Å². The molecule has 0 radical (unpaired) electrons. The zero-order valence-electron chi connectivity index (χ0n) is 23.9. The van der Waals surface area contributed by atoms with Crippen LogP contribution >= 0.6 is 23.4 Å². The van der Waals surface area contributed by atoms with Crippen molar-refractivity contribution in [2.24, 2.45) is 0 Å². The fourth-order valence-electron chi connectivity index (χ4n) is 6.06. The summed E-state index contributed by atoms with van der Waals surface area (Å²) in [6.07, 6.45) is 2.53. The first-order valence-electron chi connectivity index (χ1n) is 14.3. The van der Waals surface area contributed by atoms with E-state index in [-0.39, 0.29) is 22.7 Å². The number of carbonyl (C=O) groups excluding carboxylic acids is 1. The van der Waals surface area contributed by atoms with Gasteiger partial charge in [-0.2, -0.15) is 0 Å². The lowest BCUT2D eigenvalue weighted by Crippen LogP contribution is -2.40. The maximum absolute atomic E-state index is 15.3. The number of aryl methyl sites for hydroxylation is 2. The molecule has 1 aliphatic carbocycles. The number of rotatable bonds is 6. The Kier molecular flexibility index (Phi) is 8.33. The van der Waals surface area contributed by atoms with E-state index in [1.54, 1.807) is 12.1 Å². The van der Waals surface area contributed by atoms with E-state index < -0.39 is 23.0 Å². The maximum Gasteiger partial charge on any atom is 0.254 e. The molecule has 0 bridgehead atoms. The van der Waals surface area contributed by atoms with Crippen LogP contribution in [-0.4, -0.2) is 46.7 Å². The quantitative estimate of drug-likeness (QED) is 0.207. The minimum absolute atomic E-state index is 0.0250. The number of fused-ring (bicyclic) bond motifs is 1. The molecule has 1 aliphatic heterocycles. The van der Waals surface area contributed by atoms with Crippen LogP contribution in [0, 0.1) is 24.4 Å². The number of halogens is 4. The molecule has 43 heavy (non-hydrogen) atoms. The summed E-state index contributed by atoms with van der Waals surface area (Å²) in [7, 11) is 0. The molecule has 0 saturated carbocycles. The van der Waals surface area contributed by atoms with Crippen molar-refractivity contribution in [3.63, 3.8) is 0 Å². The molecule has 1 atom stereocenters. The second-order valence-corrected chi connectivity index (χ2v) is 12.6. The summed E-state index contributed by atoms with van der Waals surface area (Å²) in [4.78, 5) is 19.4. The molecule has 224 valence electrons. The zero-order valence-corrected chi connectivity index (χ0v) is 25.5. The topological polar surface area (TPSA) is 47.4 Å². The average molecular weight is 626 g/mol. The van der Waals surface area contributed by atoms with Crippen LogP contribution in [0.2, 0.25) is 5.02 Å². The Bertz CT molecular complexity index is 1660. The highest BCUT2D eigenvalue weighted by molar-refractivity contribution is 7.98. The van der Waals surface area contributed by atoms with Crippen LogP contribution in [0.4, 0.5) is 13.2 Å². The Balaban J connectivity index is 1.38. The van der Waals surface area contributed by atoms with Crippen LogP contribution in [0.3, 0.4) is 0 Å². The third kappa shape index (κ3) is 5.70. The maximum atomic E-state index is 15.3. The van der Waals surface area contributed by atoms with Gasteiger partial charge in [-0.15, -0.1) is 0 Å². The first-order chi connectivity index (χ1) is 20.7. The molecule has 6 rings (SSSR count). The lowest BCUT2D eigenvalue weighted by atomic mass is 9.71. The number of morpholine rings is 1. The van der Waals surface area contributed by atoms with E-state index in [0.717, 1.165) is 53.9 Å². The lowest BCUT2D eigenvalue weighted by molar-refractivity contribution is 0.0302. The summed E-state index contributed by atoms with van der Waals surface area (Å²) in [5, 5.41) is 1.25. The molecule has 5 nitrogen and oxygen atoms in total. The molecule has 1 amide bonds. The van der Waals surface area contributed by atoms with Crippen molar-refractivity contribution in [3.8, 4) is 5.69 Å². The van der Waals surface area contributed by atoms with E-state index >= 15 is 8.78 Å². The summed E-state index contributed by atoms with van der Waals surface area (Å²) in [5.41, 5.74) is 4.06. The molecule has 1 saturated heterocycles. The number of benzene rings is 3. The zero-order chi connectivity index (χ0) is 30.3. The van der Waals surface area contributed by atoms with Crippen molar-refractivity contribution in [1.29, 1.82) is 0 Å². The van der Waals surface area contributed by atoms with Crippen LogP contribution in [0.1, 0.15) is 58.2 Å². The van der Waals surface area contributed by atoms with Gasteiger partial charge < -0.3 is 9.64 Å². The molecule has 2 heterocycles. The van der Waals surface area contributed by atoms with Crippen LogP contribution in [0.25, 0.3) is 5.69 Å². The van der Waals surface area contributed by atoms with E-state index in [4.69, 9.17) is 21.3 Å². The number of amides is 1. The van der Waals surface area contributed by atoms with Gasteiger partial charge in [-0.3, -0.25) is 9.36 Å². The summed E-state index contributed by atoms with van der Waals surface area (Å²) in [6, 6.07) is 14.4. The standard InChI is InChI=1S/C33H31ClF3N3O2S/c1-20-16-22(5-10-26(20)34)33(2)11-3-4-29-30(33)40(24-8-6-23(35)7-9-24)32(38-29)43-19-25-27(36)17-21(18-28(25)37)31(41)39-12-14-42-15-13-39/h5-10,16-18H,3-4,11-15,19H2,1-2H3. The summed E-state index contributed by atoms with van der Waals surface area (Å²) in [6.45, 7) is 5.70. The number of hydrogen-bond acceptors (Lipinski definition) is 4. The van der Waals surface area contributed by atoms with Crippen LogP contribution in [-0.2, 0) is 22.3 Å². The number of hydrogen-bond donors (Lipinski definition) is 0. The predicted octanol–water partition coefficient (Wildman–Crippen LogP) is 7.66. The van der Waals surface area contributed by atoms with Crippen molar-refractivity contribution < 1.29 is 22.7 Å². The highest BCUT2D eigenvalue weighted by Crippen LogP contribution is 2.46. The molecule has 3 aromatic carbocycles. The van der Waals surface area contributed by atoms with Crippen molar-refractivity contribution in [2.75, 3.05) is 26.3 Å². The van der Waals surface area contributed by atoms with E-state index in [1.165, 1.54) is 28.8 Å². The molecule has 1 unspecified atom stereocenters. The van der Waals surface area contributed by atoms with Gasteiger partial charge in [0.15, 0.2) is 5.16 Å². The van der Waals surface area contributed by atoms with Gasteiger partial charge in [0, 0.05) is 46.1 Å². The molecule has 4 aromatic rings. The Labute approximate surface area is 258 Å². The fraction of sp³-hybridized carbons (Fsp3) is 0.333. The fourth-order valence-corrected chi connectivity index (χ4v) is 7.22. The highest BCUT2D eigenvalue weighted by Gasteiger charge is 2.40. The summed E-state index contributed by atoms with van der Waals surface area (Å²) >= 11 is 7.57. The molecule has 0 spiro atoms. The Morgan fingerprint density at radius 1 is 1.05 bits per heavy atom. The number of carbonyl (C=O) groups is 1. The third-order valence-electron chi connectivity index (χ3n) is 8.44. The Morgan fingerprint density at radius 2 is 1.74 bits per heavy atom. The number of ether oxygens (including phenoxy) is 1. The van der Waals surface area contributed by atoms with Crippen molar-refractivity contribution in [3.05, 3.63) is 111 Å². The number of aromatic nitrogens is 2. The van der Waals surface area contributed by atoms with Crippen molar-refractivity contribution in [2.45, 2.75) is 49.4 Å². The first kappa shape index (κ1) is 29.8. The lowest BCUT2D eigenvalue weighted by Gasteiger charge is -2.36. The van der Waals surface area contributed by atoms with Gasteiger partial charge in [0.2, 0.25) is 0 Å². The van der Waals surface area contributed by atoms with E-state index in [1.807, 2.05) is 23.6 Å². The highest BCUT2D eigenvalue weighted by atomic mass is 35.5. The number of imidazole rings is 1. The predicted molar refractivity (Wildman–Crippen MR) is 162 cm³/mol. The van der Waals surface area contributed by atoms with Gasteiger partial charge in [-0.25, -0.2) is 18.2 Å². The third-order valence-corrected chi connectivity index (χ3v) is 9.83. The van der Waals surface area contributed by atoms with E-state index in [0.29, 0.717) is 42.2 Å². The minimum atomic E-state index is -0.782. The van der Waals surface area contributed by atoms with E-state index in [9.17, 15) is 9.18 Å². The monoisotopic (exact) mass is 625 g/mol. The van der Waals surface area contributed by atoms with Gasteiger partial charge in [0.1, 0.15) is 17.5 Å². The van der Waals surface area contributed by atoms with Crippen molar-refractivity contribution >= 4 is 29.3 Å². The average Bonchev–Trinajstić information content (AvgIpc) is 3.38. The van der Waals surface area contributed by atoms with Crippen LogP contribution in [0.5, 0.6) is 0 Å². The van der Waals surface area contributed by atoms with Gasteiger partial charge >= 0.3 is 0 Å². The second kappa shape index (κ2) is 12.0. The molecule has 1 aromatic heterocycles. The molecular formula is C33H31ClF3N3O2S.